The van der Waals surface area contributed by atoms with Gasteiger partial charge in [-0.15, -0.1) is 22.7 Å². The van der Waals surface area contributed by atoms with Crippen molar-refractivity contribution in [2.75, 3.05) is 0 Å². The molecule has 1 N–H and O–H groups in total. The quantitative estimate of drug-likeness (QED) is 0.763. The van der Waals surface area contributed by atoms with E-state index in [4.69, 9.17) is 11.6 Å². The Morgan fingerprint density at radius 3 is 2.67 bits per heavy atom. The first kappa shape index (κ1) is 14.5. The second kappa shape index (κ2) is 6.53. The maximum atomic E-state index is 6.02. The third-order valence-electron chi connectivity index (χ3n) is 2.62. The van der Waals surface area contributed by atoms with Crippen LogP contribution < -0.4 is 5.32 Å². The Kier molecular flexibility index (Phi) is 5.27. The summed E-state index contributed by atoms with van der Waals surface area (Å²) in [4.78, 5) is 4.09. The molecule has 98 valence electrons. The SMILES string of the molecule is Cc1ccc(CC(C)NCc2cc(Br)c(Cl)s2)s1. The number of rotatable bonds is 5. The molecule has 18 heavy (non-hydrogen) atoms. The molecule has 0 bridgehead atoms. The van der Waals surface area contributed by atoms with Crippen molar-refractivity contribution in [2.45, 2.75) is 32.9 Å². The molecule has 0 saturated carbocycles. The summed E-state index contributed by atoms with van der Waals surface area (Å²) < 4.78 is 1.82. The van der Waals surface area contributed by atoms with Gasteiger partial charge in [-0.1, -0.05) is 11.6 Å². The van der Waals surface area contributed by atoms with E-state index in [1.807, 2.05) is 11.3 Å². The zero-order chi connectivity index (χ0) is 13.1. The molecule has 0 fully saturated rings. The van der Waals surface area contributed by atoms with Gasteiger partial charge in [-0.2, -0.15) is 0 Å². The van der Waals surface area contributed by atoms with E-state index in [1.54, 1.807) is 11.3 Å². The normalized spacial score (nSPS) is 12.9. The highest BCUT2D eigenvalue weighted by Crippen LogP contribution is 2.31. The molecule has 2 rings (SSSR count). The van der Waals surface area contributed by atoms with Crippen molar-refractivity contribution < 1.29 is 0 Å². The molecule has 0 radical (unpaired) electrons. The van der Waals surface area contributed by atoms with Crippen LogP contribution in [0.25, 0.3) is 0 Å². The Balaban J connectivity index is 1.83. The lowest BCUT2D eigenvalue weighted by molar-refractivity contribution is 0.552. The molecule has 0 amide bonds. The van der Waals surface area contributed by atoms with Crippen molar-refractivity contribution in [3.05, 3.63) is 41.6 Å². The summed E-state index contributed by atoms with van der Waals surface area (Å²) in [5.41, 5.74) is 0. The maximum absolute atomic E-state index is 6.02. The Labute approximate surface area is 129 Å². The number of hydrogen-bond donors (Lipinski definition) is 1. The molecule has 0 aliphatic heterocycles. The van der Waals surface area contributed by atoms with E-state index in [9.17, 15) is 0 Å². The summed E-state index contributed by atoms with van der Waals surface area (Å²) in [7, 11) is 0. The number of aryl methyl sites for hydroxylation is 1. The van der Waals surface area contributed by atoms with Crippen molar-refractivity contribution in [1.82, 2.24) is 5.32 Å². The second-order valence-corrected chi connectivity index (χ2v) is 8.30. The molecule has 0 aliphatic rings. The van der Waals surface area contributed by atoms with Crippen LogP contribution in [-0.4, -0.2) is 6.04 Å². The van der Waals surface area contributed by atoms with Crippen molar-refractivity contribution in [3.63, 3.8) is 0 Å². The standard InChI is InChI=1S/C13H15BrClNS2/c1-8(5-10-4-3-9(2)17-10)16-7-11-6-12(14)13(15)18-11/h3-4,6,8,16H,5,7H2,1-2H3. The molecule has 0 saturated heterocycles. The minimum absolute atomic E-state index is 0.475. The Morgan fingerprint density at radius 2 is 2.11 bits per heavy atom. The van der Waals surface area contributed by atoms with Gasteiger partial charge in [-0.3, -0.25) is 0 Å². The fraction of sp³-hybridized carbons (Fsp3) is 0.385. The summed E-state index contributed by atoms with van der Waals surface area (Å²) in [5.74, 6) is 0. The van der Waals surface area contributed by atoms with E-state index in [-0.39, 0.29) is 0 Å². The first-order valence-electron chi connectivity index (χ1n) is 5.77. The molecule has 2 aromatic rings. The minimum atomic E-state index is 0.475. The van der Waals surface area contributed by atoms with Crippen LogP contribution in [0.4, 0.5) is 0 Å². The molecule has 1 unspecified atom stereocenters. The zero-order valence-electron chi connectivity index (χ0n) is 10.3. The first-order valence-corrected chi connectivity index (χ1v) is 8.57. The van der Waals surface area contributed by atoms with Gasteiger partial charge in [0.2, 0.25) is 0 Å². The molecule has 0 spiro atoms. The Bertz CT molecular complexity index is 501. The lowest BCUT2D eigenvalue weighted by Crippen LogP contribution is -2.26. The van der Waals surface area contributed by atoms with Crippen LogP contribution >= 0.6 is 50.2 Å². The first-order chi connectivity index (χ1) is 8.54. The number of hydrogen-bond acceptors (Lipinski definition) is 3. The van der Waals surface area contributed by atoms with Crippen molar-refractivity contribution in [1.29, 1.82) is 0 Å². The average molecular weight is 365 g/mol. The van der Waals surface area contributed by atoms with Crippen LogP contribution in [0.2, 0.25) is 4.34 Å². The van der Waals surface area contributed by atoms with Gasteiger partial charge in [0.05, 0.1) is 0 Å². The summed E-state index contributed by atoms with van der Waals surface area (Å²) in [6.45, 7) is 5.25. The monoisotopic (exact) mass is 363 g/mol. The van der Waals surface area contributed by atoms with Gasteiger partial charge < -0.3 is 5.32 Å². The Morgan fingerprint density at radius 1 is 1.33 bits per heavy atom. The molecule has 2 heterocycles. The van der Waals surface area contributed by atoms with Crippen molar-refractivity contribution >= 4 is 50.2 Å². The topological polar surface area (TPSA) is 12.0 Å². The van der Waals surface area contributed by atoms with Gasteiger partial charge in [-0.05, 0) is 54.4 Å². The van der Waals surface area contributed by atoms with Crippen LogP contribution in [0, 0.1) is 6.92 Å². The largest absolute Gasteiger partial charge is 0.309 e. The van der Waals surface area contributed by atoms with Crippen LogP contribution in [0.1, 0.15) is 21.6 Å². The highest BCUT2D eigenvalue weighted by atomic mass is 79.9. The van der Waals surface area contributed by atoms with E-state index in [0.717, 1.165) is 21.8 Å². The third kappa shape index (κ3) is 4.07. The van der Waals surface area contributed by atoms with Crippen LogP contribution in [0.15, 0.2) is 22.7 Å². The highest BCUT2D eigenvalue weighted by molar-refractivity contribution is 9.10. The van der Waals surface area contributed by atoms with Crippen LogP contribution in [-0.2, 0) is 13.0 Å². The van der Waals surface area contributed by atoms with Crippen LogP contribution in [0.5, 0.6) is 0 Å². The minimum Gasteiger partial charge on any atom is -0.309 e. The summed E-state index contributed by atoms with van der Waals surface area (Å²) >= 11 is 13.0. The van der Waals surface area contributed by atoms with E-state index in [1.165, 1.54) is 14.6 Å². The predicted molar refractivity (Wildman–Crippen MR) is 86.1 cm³/mol. The third-order valence-corrected chi connectivity index (χ3v) is 6.12. The molecule has 1 nitrogen and oxygen atoms in total. The zero-order valence-corrected chi connectivity index (χ0v) is 14.3. The van der Waals surface area contributed by atoms with E-state index < -0.39 is 0 Å². The van der Waals surface area contributed by atoms with Gasteiger partial charge in [0.15, 0.2) is 0 Å². The summed E-state index contributed by atoms with van der Waals surface area (Å²) in [6.07, 6.45) is 1.08. The molecular weight excluding hydrogens is 350 g/mol. The molecule has 1 atom stereocenters. The molecule has 0 aliphatic carbocycles. The predicted octanol–water partition coefficient (Wildman–Crippen LogP) is 5.25. The van der Waals surface area contributed by atoms with Crippen LogP contribution in [0.3, 0.4) is 0 Å². The maximum Gasteiger partial charge on any atom is 0.107 e. The van der Waals surface area contributed by atoms with E-state index >= 15 is 0 Å². The highest BCUT2D eigenvalue weighted by Gasteiger charge is 2.08. The van der Waals surface area contributed by atoms with E-state index in [2.05, 4.69) is 53.3 Å². The van der Waals surface area contributed by atoms with Gasteiger partial charge in [0.1, 0.15) is 4.34 Å². The smallest absolute Gasteiger partial charge is 0.107 e. The Hall–Kier alpha value is 0.130. The lowest BCUT2D eigenvalue weighted by atomic mass is 10.2. The van der Waals surface area contributed by atoms with Gasteiger partial charge >= 0.3 is 0 Å². The fourth-order valence-electron chi connectivity index (χ4n) is 1.72. The van der Waals surface area contributed by atoms with Crippen molar-refractivity contribution in [2.24, 2.45) is 0 Å². The molecular formula is C13H15BrClNS2. The van der Waals surface area contributed by atoms with Gasteiger partial charge in [-0.25, -0.2) is 0 Å². The number of nitrogens with one attached hydrogen (secondary N) is 1. The van der Waals surface area contributed by atoms with E-state index in [0.29, 0.717) is 6.04 Å². The lowest BCUT2D eigenvalue weighted by Gasteiger charge is -2.11. The number of halogens is 2. The van der Waals surface area contributed by atoms with Gasteiger partial charge in [0.25, 0.3) is 0 Å². The second-order valence-electron chi connectivity index (χ2n) is 4.33. The number of thiophene rings is 2. The molecule has 0 aromatic carbocycles. The summed E-state index contributed by atoms with van der Waals surface area (Å²) in [6, 6.07) is 6.96. The summed E-state index contributed by atoms with van der Waals surface area (Å²) in [5, 5.41) is 3.53. The van der Waals surface area contributed by atoms with Crippen molar-refractivity contribution in [3.8, 4) is 0 Å². The molecule has 2 aromatic heterocycles. The molecule has 5 heteroatoms. The average Bonchev–Trinajstić information content (AvgIpc) is 2.84. The fourth-order valence-corrected chi connectivity index (χ4v) is 4.48. The van der Waals surface area contributed by atoms with Gasteiger partial charge in [0, 0.05) is 31.7 Å².